The molecule has 0 atom stereocenters. The topological polar surface area (TPSA) is 36.8 Å². The van der Waals surface area contributed by atoms with Crippen LogP contribution in [0.1, 0.15) is 90.7 Å². The smallest absolute Gasteiger partial charge is 0.278 e. The van der Waals surface area contributed by atoms with Gasteiger partial charge in [-0.3, -0.25) is 9.98 Å². The van der Waals surface area contributed by atoms with Crippen LogP contribution in [0.5, 0.6) is 0 Å². The van der Waals surface area contributed by atoms with E-state index in [1.54, 1.807) is 20.1 Å². The Balaban J connectivity index is 0.000000301. The van der Waals surface area contributed by atoms with Crippen LogP contribution < -0.4 is 5.32 Å². The van der Waals surface area contributed by atoms with Crippen molar-refractivity contribution in [3.63, 3.8) is 0 Å². The summed E-state index contributed by atoms with van der Waals surface area (Å²) in [7, 11) is 0. The van der Waals surface area contributed by atoms with Gasteiger partial charge in [0.05, 0.1) is 17.1 Å². The summed E-state index contributed by atoms with van der Waals surface area (Å²) >= 11 is 0. The van der Waals surface area contributed by atoms with Crippen LogP contribution in [0.4, 0.5) is 18.9 Å². The van der Waals surface area contributed by atoms with Gasteiger partial charge in [-0.05, 0) is 75.7 Å². The molecule has 0 aromatic heterocycles. The van der Waals surface area contributed by atoms with Crippen molar-refractivity contribution in [1.29, 1.82) is 0 Å². The maximum atomic E-state index is 13.3. The zero-order chi connectivity index (χ0) is 26.4. The van der Waals surface area contributed by atoms with Gasteiger partial charge in [-0.1, -0.05) is 52.5 Å². The molecular weight excluding hydrogens is 447 g/mol. The lowest BCUT2D eigenvalue weighted by Gasteiger charge is -2.19. The van der Waals surface area contributed by atoms with Gasteiger partial charge >= 0.3 is 0 Å². The van der Waals surface area contributed by atoms with E-state index in [1.807, 2.05) is 19.9 Å². The molecule has 2 aliphatic rings. The summed E-state index contributed by atoms with van der Waals surface area (Å²) in [6.07, 6.45) is 8.75. The average molecular weight is 492 g/mol. The van der Waals surface area contributed by atoms with E-state index in [9.17, 15) is 13.2 Å². The van der Waals surface area contributed by atoms with Crippen LogP contribution >= 0.6 is 0 Å². The summed E-state index contributed by atoms with van der Waals surface area (Å²) in [5.74, 6) is 0.906. The van der Waals surface area contributed by atoms with Gasteiger partial charge in [0.2, 0.25) is 0 Å². The second-order valence-corrected chi connectivity index (χ2v) is 9.40. The van der Waals surface area contributed by atoms with E-state index >= 15 is 0 Å². The molecule has 1 aliphatic carbocycles. The predicted molar refractivity (Wildman–Crippen MR) is 145 cm³/mol. The molecule has 3 nitrogen and oxygen atoms in total. The van der Waals surface area contributed by atoms with Crippen LogP contribution in [-0.2, 0) is 0 Å². The van der Waals surface area contributed by atoms with Crippen LogP contribution in [0.2, 0.25) is 0 Å². The van der Waals surface area contributed by atoms with E-state index in [-0.39, 0.29) is 11.5 Å². The van der Waals surface area contributed by atoms with Crippen molar-refractivity contribution >= 4 is 17.6 Å². The van der Waals surface area contributed by atoms with Crippen molar-refractivity contribution in [3.05, 3.63) is 52.1 Å². The van der Waals surface area contributed by atoms with Gasteiger partial charge in [0.1, 0.15) is 5.82 Å². The van der Waals surface area contributed by atoms with Gasteiger partial charge < -0.3 is 5.32 Å². The van der Waals surface area contributed by atoms with E-state index in [0.29, 0.717) is 17.8 Å². The van der Waals surface area contributed by atoms with Gasteiger partial charge in [0.15, 0.2) is 0 Å². The predicted octanol–water partition coefficient (Wildman–Crippen LogP) is 9.02. The fraction of sp³-hybridized carbons (Fsp3) is 0.586. The molecule has 0 amide bonds. The third-order valence-electron chi connectivity index (χ3n) is 5.76. The monoisotopic (exact) mass is 491 g/mol. The standard InChI is InChI=1S/C13H18FN.C12H18F2N2.C4H8/c1-5-6-11(4)15-13-8-12(14)9(2)7-10(13)3;1-3-5-6-9-8-16-11(12(13)14)7-10(9)15-4-2;1-4-2-3-4/h7-8H,5-6H2,1-4H3;4,7,12,16H,3,5-6,8H2,1-2H3;4H,2-3H2,1H3. The number of aliphatic imine (C=N–C) groups is 2. The number of halogens is 3. The zero-order valence-corrected chi connectivity index (χ0v) is 22.6. The average Bonchev–Trinajstić information content (AvgIpc) is 3.59. The van der Waals surface area contributed by atoms with Crippen molar-refractivity contribution in [2.75, 3.05) is 6.54 Å². The van der Waals surface area contributed by atoms with Crippen LogP contribution in [0.3, 0.4) is 0 Å². The summed E-state index contributed by atoms with van der Waals surface area (Å²) in [5.41, 5.74) is 5.31. The van der Waals surface area contributed by atoms with Crippen LogP contribution in [0, 0.1) is 25.6 Å². The molecule has 0 saturated heterocycles. The molecular formula is C29H44F3N3. The number of hydrogen-bond donors (Lipinski definition) is 1. The van der Waals surface area contributed by atoms with Crippen molar-refractivity contribution in [3.8, 4) is 0 Å². The Morgan fingerprint density at radius 2 is 1.80 bits per heavy atom. The lowest BCUT2D eigenvalue weighted by molar-refractivity contribution is 0.180. The molecule has 1 heterocycles. The molecule has 1 saturated carbocycles. The number of aryl methyl sites for hydroxylation is 2. The van der Waals surface area contributed by atoms with Crippen LogP contribution in [-0.4, -0.2) is 24.9 Å². The van der Waals surface area contributed by atoms with Gasteiger partial charge in [0.25, 0.3) is 6.43 Å². The second kappa shape index (κ2) is 16.3. The minimum absolute atomic E-state index is 0.0270. The maximum absolute atomic E-state index is 13.3. The normalized spacial score (nSPS) is 15.9. The first-order valence-electron chi connectivity index (χ1n) is 12.9. The summed E-state index contributed by atoms with van der Waals surface area (Å²) in [6, 6.07) is 3.36. The summed E-state index contributed by atoms with van der Waals surface area (Å²) in [6.45, 7) is 14.5. The van der Waals surface area contributed by atoms with E-state index < -0.39 is 6.43 Å². The summed E-state index contributed by atoms with van der Waals surface area (Å²) < 4.78 is 38.3. The molecule has 0 bridgehead atoms. The Labute approximate surface area is 210 Å². The first-order chi connectivity index (χ1) is 16.6. The quantitative estimate of drug-likeness (QED) is 0.362. The lowest BCUT2D eigenvalue weighted by atomic mass is 10.0. The zero-order valence-electron chi connectivity index (χ0n) is 22.6. The van der Waals surface area contributed by atoms with Crippen molar-refractivity contribution in [2.24, 2.45) is 15.9 Å². The van der Waals surface area contributed by atoms with Crippen molar-refractivity contribution in [2.45, 2.75) is 99.8 Å². The van der Waals surface area contributed by atoms with E-state index in [0.717, 1.165) is 60.6 Å². The molecule has 1 aromatic carbocycles. The number of unbranched alkanes of at least 4 members (excludes halogenated alkanes) is 1. The molecule has 6 heteroatoms. The number of rotatable bonds is 8. The number of allylic oxidation sites excluding steroid dienone is 2. The van der Waals surface area contributed by atoms with Gasteiger partial charge in [-0.25, -0.2) is 13.2 Å². The third-order valence-corrected chi connectivity index (χ3v) is 5.76. The Bertz CT molecular complexity index is 910. The maximum Gasteiger partial charge on any atom is 0.278 e. The number of benzene rings is 1. The van der Waals surface area contributed by atoms with E-state index in [2.05, 4.69) is 36.1 Å². The largest absolute Gasteiger partial charge is 0.380 e. The number of nitrogens with one attached hydrogen (secondary N) is 1. The number of alkyl halides is 2. The molecule has 35 heavy (non-hydrogen) atoms. The summed E-state index contributed by atoms with van der Waals surface area (Å²) in [5, 5.41) is 2.75. The Kier molecular flexibility index (Phi) is 14.3. The minimum atomic E-state index is -2.45. The van der Waals surface area contributed by atoms with Crippen molar-refractivity contribution < 1.29 is 13.2 Å². The van der Waals surface area contributed by atoms with E-state index in [1.165, 1.54) is 25.0 Å². The Morgan fingerprint density at radius 3 is 2.31 bits per heavy atom. The van der Waals surface area contributed by atoms with Crippen LogP contribution in [0.15, 0.2) is 45.2 Å². The SMILES string of the molecule is CC1CC1.CC=NC1=C(CCCC)CNC(C(F)F)=C1.CCCC(C)=Nc1cc(F)c(C)cc1C. The first kappa shape index (κ1) is 30.7. The molecule has 0 spiro atoms. The molecule has 0 unspecified atom stereocenters. The molecule has 3 rings (SSSR count). The molecule has 1 aromatic rings. The Morgan fingerprint density at radius 1 is 1.14 bits per heavy atom. The number of nitrogens with zero attached hydrogens (tertiary/aromatic N) is 2. The van der Waals surface area contributed by atoms with Gasteiger partial charge in [-0.15, -0.1) is 0 Å². The van der Waals surface area contributed by atoms with Gasteiger partial charge in [-0.2, -0.15) is 0 Å². The fourth-order valence-electron chi connectivity index (χ4n) is 3.34. The number of hydrogen-bond acceptors (Lipinski definition) is 3. The Hall–Kier alpha value is -2.37. The first-order valence-corrected chi connectivity index (χ1v) is 12.9. The lowest BCUT2D eigenvalue weighted by Crippen LogP contribution is -2.25. The highest BCUT2D eigenvalue weighted by Gasteiger charge is 2.17. The molecule has 0 radical (unpaired) electrons. The highest BCUT2D eigenvalue weighted by molar-refractivity contribution is 5.84. The number of dihydropyridines is 1. The summed E-state index contributed by atoms with van der Waals surface area (Å²) in [4.78, 5) is 8.58. The second-order valence-electron chi connectivity index (χ2n) is 9.40. The molecule has 1 N–H and O–H groups in total. The minimum Gasteiger partial charge on any atom is -0.380 e. The molecule has 1 fully saturated rings. The van der Waals surface area contributed by atoms with Crippen molar-refractivity contribution in [1.82, 2.24) is 5.32 Å². The van der Waals surface area contributed by atoms with Crippen LogP contribution in [0.25, 0.3) is 0 Å². The fourth-order valence-corrected chi connectivity index (χ4v) is 3.34. The third kappa shape index (κ3) is 12.2. The highest BCUT2D eigenvalue weighted by atomic mass is 19.3. The van der Waals surface area contributed by atoms with Gasteiger partial charge in [0, 0.05) is 24.5 Å². The highest BCUT2D eigenvalue weighted by Crippen LogP contribution is 2.27. The van der Waals surface area contributed by atoms with E-state index in [4.69, 9.17) is 0 Å². The molecule has 1 aliphatic heterocycles. The molecule has 196 valence electrons.